The summed E-state index contributed by atoms with van der Waals surface area (Å²) in [4.78, 5) is 11.9. The van der Waals surface area contributed by atoms with Gasteiger partial charge in [-0.05, 0) is 43.9 Å². The number of benzene rings is 1. The molecule has 0 bridgehead atoms. The molecule has 2 nitrogen and oxygen atoms in total. The Morgan fingerprint density at radius 1 is 1.06 bits per heavy atom. The maximum atomic E-state index is 11.9. The molecule has 0 spiro atoms. The van der Waals surface area contributed by atoms with E-state index in [2.05, 4.69) is 6.07 Å². The first-order valence-electron chi connectivity index (χ1n) is 6.53. The minimum atomic E-state index is -0.190. The smallest absolute Gasteiger partial charge is 0.338 e. The zero-order valence-electron chi connectivity index (χ0n) is 10.2. The van der Waals surface area contributed by atoms with E-state index in [1.807, 2.05) is 0 Å². The molecule has 2 heteroatoms. The SMILES string of the molecule is O=C(OC1CCCCCCC1)c1cc[c]cc1. The van der Waals surface area contributed by atoms with Gasteiger partial charge < -0.3 is 4.74 Å². The molecule has 1 saturated carbocycles. The third-order valence-corrected chi connectivity index (χ3v) is 3.28. The van der Waals surface area contributed by atoms with Gasteiger partial charge in [0.2, 0.25) is 0 Å². The predicted octanol–water partition coefficient (Wildman–Crippen LogP) is 3.76. The Morgan fingerprint density at radius 3 is 2.29 bits per heavy atom. The van der Waals surface area contributed by atoms with Crippen LogP contribution in [0.15, 0.2) is 24.3 Å². The third kappa shape index (κ3) is 3.88. The lowest BCUT2D eigenvalue weighted by Crippen LogP contribution is -2.19. The van der Waals surface area contributed by atoms with Crippen molar-refractivity contribution in [3.63, 3.8) is 0 Å². The summed E-state index contributed by atoms with van der Waals surface area (Å²) in [6.07, 6.45) is 8.39. The average Bonchev–Trinajstić information content (AvgIpc) is 2.33. The van der Waals surface area contributed by atoms with Crippen molar-refractivity contribution in [2.75, 3.05) is 0 Å². The van der Waals surface area contributed by atoms with Crippen molar-refractivity contribution in [1.82, 2.24) is 0 Å². The monoisotopic (exact) mass is 231 g/mol. The van der Waals surface area contributed by atoms with Gasteiger partial charge in [-0.25, -0.2) is 4.79 Å². The number of rotatable bonds is 2. The van der Waals surface area contributed by atoms with Crippen LogP contribution >= 0.6 is 0 Å². The molecule has 1 fully saturated rings. The molecule has 2 rings (SSSR count). The van der Waals surface area contributed by atoms with Crippen molar-refractivity contribution in [2.24, 2.45) is 0 Å². The molecule has 0 unspecified atom stereocenters. The number of carbonyl (C=O) groups excluding carboxylic acids is 1. The molecule has 1 radical (unpaired) electrons. The maximum absolute atomic E-state index is 11.9. The van der Waals surface area contributed by atoms with E-state index in [1.165, 1.54) is 32.1 Å². The van der Waals surface area contributed by atoms with Gasteiger partial charge in [-0.2, -0.15) is 0 Å². The molecule has 1 aromatic rings. The van der Waals surface area contributed by atoms with Crippen LogP contribution in [0.1, 0.15) is 55.3 Å². The third-order valence-electron chi connectivity index (χ3n) is 3.28. The molecule has 17 heavy (non-hydrogen) atoms. The molecule has 0 amide bonds. The first-order chi connectivity index (χ1) is 8.36. The first kappa shape index (κ1) is 12.2. The van der Waals surface area contributed by atoms with E-state index in [-0.39, 0.29) is 12.1 Å². The molecule has 0 aromatic heterocycles. The Bertz CT molecular complexity index is 337. The second kappa shape index (κ2) is 6.43. The van der Waals surface area contributed by atoms with E-state index in [0.29, 0.717) is 5.56 Å². The summed E-state index contributed by atoms with van der Waals surface area (Å²) in [7, 11) is 0. The Labute approximate surface area is 103 Å². The van der Waals surface area contributed by atoms with Crippen LogP contribution in [0.3, 0.4) is 0 Å². The maximum Gasteiger partial charge on any atom is 0.338 e. The number of ether oxygens (including phenoxy) is 1. The summed E-state index contributed by atoms with van der Waals surface area (Å²) >= 11 is 0. The van der Waals surface area contributed by atoms with Gasteiger partial charge in [-0.15, -0.1) is 0 Å². The predicted molar refractivity (Wildman–Crippen MR) is 66.8 cm³/mol. The quantitative estimate of drug-likeness (QED) is 0.724. The van der Waals surface area contributed by atoms with Crippen LogP contribution < -0.4 is 0 Å². The van der Waals surface area contributed by atoms with E-state index < -0.39 is 0 Å². The minimum absolute atomic E-state index is 0.118. The molecular formula is C15H19O2. The van der Waals surface area contributed by atoms with Crippen molar-refractivity contribution in [2.45, 2.75) is 51.0 Å². The molecule has 0 atom stereocenters. The molecule has 0 N–H and O–H groups in total. The van der Waals surface area contributed by atoms with E-state index in [9.17, 15) is 4.79 Å². The normalized spacial score (nSPS) is 18.1. The second-order valence-electron chi connectivity index (χ2n) is 4.66. The van der Waals surface area contributed by atoms with Crippen molar-refractivity contribution >= 4 is 5.97 Å². The summed E-state index contributed by atoms with van der Waals surface area (Å²) in [6, 6.07) is 9.90. The molecule has 1 aliphatic rings. The first-order valence-corrected chi connectivity index (χ1v) is 6.53. The molecule has 0 heterocycles. The average molecular weight is 231 g/mol. The minimum Gasteiger partial charge on any atom is -0.459 e. The van der Waals surface area contributed by atoms with Gasteiger partial charge in [0.15, 0.2) is 0 Å². The van der Waals surface area contributed by atoms with Crippen LogP contribution in [0.25, 0.3) is 0 Å². The highest BCUT2D eigenvalue weighted by atomic mass is 16.5. The highest BCUT2D eigenvalue weighted by Gasteiger charge is 2.16. The Kier molecular flexibility index (Phi) is 4.60. The summed E-state index contributed by atoms with van der Waals surface area (Å²) < 4.78 is 5.56. The molecule has 1 aromatic carbocycles. The fourth-order valence-electron chi connectivity index (χ4n) is 2.28. The van der Waals surface area contributed by atoms with E-state index in [0.717, 1.165) is 12.8 Å². The van der Waals surface area contributed by atoms with Crippen LogP contribution in [0.4, 0.5) is 0 Å². The lowest BCUT2D eigenvalue weighted by molar-refractivity contribution is 0.0239. The zero-order chi connectivity index (χ0) is 11.9. The summed E-state index contributed by atoms with van der Waals surface area (Å²) in [6.45, 7) is 0. The van der Waals surface area contributed by atoms with Gasteiger partial charge in [0.05, 0.1) is 5.56 Å². The highest BCUT2D eigenvalue weighted by molar-refractivity contribution is 5.89. The molecule has 1 aliphatic carbocycles. The van der Waals surface area contributed by atoms with Gasteiger partial charge in [-0.3, -0.25) is 0 Å². The number of carbonyl (C=O) groups is 1. The van der Waals surface area contributed by atoms with Gasteiger partial charge in [-0.1, -0.05) is 31.4 Å². The second-order valence-corrected chi connectivity index (χ2v) is 4.66. The van der Waals surface area contributed by atoms with Crippen molar-refractivity contribution in [3.05, 3.63) is 35.9 Å². The molecule has 0 saturated heterocycles. The van der Waals surface area contributed by atoms with Gasteiger partial charge in [0.25, 0.3) is 0 Å². The zero-order valence-corrected chi connectivity index (χ0v) is 10.2. The topological polar surface area (TPSA) is 26.3 Å². The van der Waals surface area contributed by atoms with Crippen molar-refractivity contribution in [1.29, 1.82) is 0 Å². The number of esters is 1. The number of hydrogen-bond donors (Lipinski definition) is 0. The van der Waals surface area contributed by atoms with Gasteiger partial charge in [0.1, 0.15) is 6.10 Å². The lowest BCUT2D eigenvalue weighted by Gasteiger charge is -2.20. The van der Waals surface area contributed by atoms with E-state index in [4.69, 9.17) is 4.74 Å². The van der Waals surface area contributed by atoms with Crippen LogP contribution in [0, 0.1) is 6.07 Å². The Hall–Kier alpha value is -1.31. The molecule has 91 valence electrons. The standard InChI is InChI=1S/C15H19O2/c16-15(13-9-5-4-6-10-13)17-14-11-7-2-1-3-8-12-14/h5-6,9-10,14H,1-3,7-8,11-12H2. The van der Waals surface area contributed by atoms with E-state index >= 15 is 0 Å². The summed E-state index contributed by atoms with van der Waals surface area (Å²) in [5.41, 5.74) is 0.630. The van der Waals surface area contributed by atoms with Crippen LogP contribution in [0.2, 0.25) is 0 Å². The van der Waals surface area contributed by atoms with Crippen LogP contribution in [0.5, 0.6) is 0 Å². The van der Waals surface area contributed by atoms with Crippen LogP contribution in [-0.2, 0) is 4.74 Å². The summed E-state index contributed by atoms with van der Waals surface area (Å²) in [5.74, 6) is -0.190. The molecular weight excluding hydrogens is 212 g/mol. The fraction of sp³-hybridized carbons (Fsp3) is 0.533. The summed E-state index contributed by atoms with van der Waals surface area (Å²) in [5, 5.41) is 0. The van der Waals surface area contributed by atoms with Crippen molar-refractivity contribution in [3.8, 4) is 0 Å². The van der Waals surface area contributed by atoms with Crippen molar-refractivity contribution < 1.29 is 9.53 Å². The molecule has 0 aliphatic heterocycles. The fourth-order valence-corrected chi connectivity index (χ4v) is 2.28. The van der Waals surface area contributed by atoms with Crippen LogP contribution in [-0.4, -0.2) is 12.1 Å². The van der Waals surface area contributed by atoms with E-state index in [1.54, 1.807) is 24.3 Å². The Morgan fingerprint density at radius 2 is 1.65 bits per heavy atom. The van der Waals surface area contributed by atoms with Gasteiger partial charge in [0, 0.05) is 0 Å². The lowest BCUT2D eigenvalue weighted by atomic mass is 9.98. The van der Waals surface area contributed by atoms with Gasteiger partial charge >= 0.3 is 5.97 Å². The number of hydrogen-bond acceptors (Lipinski definition) is 2. The largest absolute Gasteiger partial charge is 0.459 e. The Balaban J connectivity index is 1.88. The highest BCUT2D eigenvalue weighted by Crippen LogP contribution is 2.20.